The Labute approximate surface area is 80.3 Å². The van der Waals surface area contributed by atoms with Gasteiger partial charge in [-0.15, -0.1) is 0 Å². The molecule has 1 amide bonds. The molecular weight excluding hydrogens is 164 g/mol. The van der Waals surface area contributed by atoms with E-state index >= 15 is 0 Å². The molecular formula is C10H20N2O. The first-order valence-corrected chi connectivity index (χ1v) is 5.15. The van der Waals surface area contributed by atoms with Crippen molar-refractivity contribution in [2.24, 2.45) is 11.7 Å². The fourth-order valence-corrected chi connectivity index (χ4v) is 1.92. The molecule has 1 saturated carbocycles. The van der Waals surface area contributed by atoms with Crippen LogP contribution in [0.3, 0.4) is 0 Å². The van der Waals surface area contributed by atoms with Crippen LogP contribution < -0.4 is 5.73 Å². The van der Waals surface area contributed by atoms with Crippen molar-refractivity contribution in [3.63, 3.8) is 0 Å². The van der Waals surface area contributed by atoms with Crippen LogP contribution in [-0.2, 0) is 4.79 Å². The maximum atomic E-state index is 11.7. The molecule has 0 aromatic carbocycles. The molecule has 0 aromatic rings. The summed E-state index contributed by atoms with van der Waals surface area (Å²) in [6.45, 7) is 2.80. The van der Waals surface area contributed by atoms with Gasteiger partial charge >= 0.3 is 0 Å². The summed E-state index contributed by atoms with van der Waals surface area (Å²) in [5, 5.41) is 0. The van der Waals surface area contributed by atoms with E-state index in [2.05, 4.69) is 0 Å². The van der Waals surface area contributed by atoms with Crippen molar-refractivity contribution in [2.45, 2.75) is 38.6 Å². The van der Waals surface area contributed by atoms with Gasteiger partial charge in [-0.05, 0) is 26.2 Å². The normalized spacial score (nSPS) is 28.5. The first kappa shape index (κ1) is 10.5. The second kappa shape index (κ2) is 4.61. The number of nitrogens with two attached hydrogens (primary N) is 1. The van der Waals surface area contributed by atoms with Crippen LogP contribution in [0.4, 0.5) is 0 Å². The van der Waals surface area contributed by atoms with Crippen molar-refractivity contribution in [2.75, 3.05) is 13.6 Å². The van der Waals surface area contributed by atoms with Gasteiger partial charge in [0.2, 0.25) is 5.91 Å². The van der Waals surface area contributed by atoms with Crippen molar-refractivity contribution < 1.29 is 4.79 Å². The molecule has 0 radical (unpaired) electrons. The zero-order valence-corrected chi connectivity index (χ0v) is 8.62. The summed E-state index contributed by atoms with van der Waals surface area (Å²) in [6.07, 6.45) is 4.09. The van der Waals surface area contributed by atoms with Crippen molar-refractivity contribution >= 4 is 5.91 Å². The zero-order chi connectivity index (χ0) is 9.84. The van der Waals surface area contributed by atoms with E-state index in [4.69, 9.17) is 5.73 Å². The van der Waals surface area contributed by atoms with E-state index in [9.17, 15) is 4.79 Å². The van der Waals surface area contributed by atoms with Gasteiger partial charge < -0.3 is 10.6 Å². The quantitative estimate of drug-likeness (QED) is 0.695. The van der Waals surface area contributed by atoms with Gasteiger partial charge in [-0.25, -0.2) is 0 Å². The molecule has 1 rings (SSSR count). The van der Waals surface area contributed by atoms with E-state index in [0.29, 0.717) is 0 Å². The predicted octanol–water partition coefficient (Wildman–Crippen LogP) is 0.982. The third kappa shape index (κ3) is 2.69. The van der Waals surface area contributed by atoms with Gasteiger partial charge in [-0.3, -0.25) is 4.79 Å². The number of rotatable bonds is 2. The Bertz CT molecular complexity index is 182. The van der Waals surface area contributed by atoms with Gasteiger partial charge in [0, 0.05) is 25.6 Å². The van der Waals surface area contributed by atoms with Crippen molar-refractivity contribution in [1.82, 2.24) is 4.90 Å². The highest BCUT2D eigenvalue weighted by atomic mass is 16.2. The summed E-state index contributed by atoms with van der Waals surface area (Å²) in [5.74, 6) is 0.464. The van der Waals surface area contributed by atoms with E-state index in [1.165, 1.54) is 0 Å². The van der Waals surface area contributed by atoms with E-state index < -0.39 is 0 Å². The van der Waals surface area contributed by atoms with Crippen LogP contribution in [0.1, 0.15) is 32.6 Å². The van der Waals surface area contributed by atoms with Crippen molar-refractivity contribution in [3.8, 4) is 0 Å². The summed E-state index contributed by atoms with van der Waals surface area (Å²) in [6, 6.07) is 0.243. The van der Waals surface area contributed by atoms with Crippen LogP contribution in [0, 0.1) is 5.92 Å². The Morgan fingerprint density at radius 3 is 2.77 bits per heavy atom. The van der Waals surface area contributed by atoms with E-state index in [0.717, 1.165) is 32.2 Å². The highest BCUT2D eigenvalue weighted by Gasteiger charge is 2.26. The average Bonchev–Trinajstić information content (AvgIpc) is 2.15. The van der Waals surface area contributed by atoms with Crippen LogP contribution in [0.2, 0.25) is 0 Å². The molecule has 2 unspecified atom stereocenters. The number of amides is 1. The molecule has 1 aliphatic carbocycles. The topological polar surface area (TPSA) is 46.3 Å². The smallest absolute Gasteiger partial charge is 0.225 e. The van der Waals surface area contributed by atoms with Gasteiger partial charge in [-0.1, -0.05) is 6.42 Å². The standard InChI is InChI=1S/C10H20N2O/c1-3-12(2)10(13)8-5-4-6-9(11)7-8/h8-9H,3-7,11H2,1-2H3. The summed E-state index contributed by atoms with van der Waals surface area (Å²) in [7, 11) is 1.86. The number of hydrogen-bond donors (Lipinski definition) is 1. The molecule has 0 aromatic heterocycles. The largest absolute Gasteiger partial charge is 0.346 e. The van der Waals surface area contributed by atoms with Crippen LogP contribution in [-0.4, -0.2) is 30.4 Å². The molecule has 1 fully saturated rings. The third-order valence-corrected chi connectivity index (χ3v) is 2.91. The minimum atomic E-state index is 0.189. The van der Waals surface area contributed by atoms with Gasteiger partial charge in [0.25, 0.3) is 0 Å². The SMILES string of the molecule is CCN(C)C(=O)C1CCCC(N)C1. The van der Waals surface area contributed by atoms with Crippen molar-refractivity contribution in [1.29, 1.82) is 0 Å². The Morgan fingerprint density at radius 2 is 2.23 bits per heavy atom. The fraction of sp³-hybridized carbons (Fsp3) is 0.900. The Kier molecular flexibility index (Phi) is 3.72. The maximum absolute atomic E-state index is 11.7. The highest BCUT2D eigenvalue weighted by Crippen LogP contribution is 2.24. The first-order chi connectivity index (χ1) is 6.15. The summed E-state index contributed by atoms with van der Waals surface area (Å²) >= 11 is 0. The molecule has 0 aliphatic heterocycles. The van der Waals surface area contributed by atoms with E-state index in [1.54, 1.807) is 4.90 Å². The molecule has 2 N–H and O–H groups in total. The summed E-state index contributed by atoms with van der Waals surface area (Å²) in [5.41, 5.74) is 5.83. The molecule has 1 aliphatic rings. The van der Waals surface area contributed by atoms with Crippen molar-refractivity contribution in [3.05, 3.63) is 0 Å². The first-order valence-electron chi connectivity index (χ1n) is 5.15. The predicted molar refractivity (Wildman–Crippen MR) is 53.2 cm³/mol. The molecule has 3 heteroatoms. The number of hydrogen-bond acceptors (Lipinski definition) is 2. The van der Waals surface area contributed by atoms with Gasteiger partial charge in [-0.2, -0.15) is 0 Å². The van der Waals surface area contributed by atoms with Gasteiger partial charge in [0.05, 0.1) is 0 Å². The third-order valence-electron chi connectivity index (χ3n) is 2.91. The zero-order valence-electron chi connectivity index (χ0n) is 8.62. The lowest BCUT2D eigenvalue weighted by Gasteiger charge is -2.28. The van der Waals surface area contributed by atoms with E-state index in [-0.39, 0.29) is 17.9 Å². The monoisotopic (exact) mass is 184 g/mol. The Morgan fingerprint density at radius 1 is 1.54 bits per heavy atom. The molecule has 0 heterocycles. The number of nitrogens with zero attached hydrogens (tertiary/aromatic N) is 1. The highest BCUT2D eigenvalue weighted by molar-refractivity contribution is 5.78. The molecule has 2 atom stereocenters. The second-order valence-corrected chi connectivity index (χ2v) is 3.98. The minimum Gasteiger partial charge on any atom is -0.346 e. The molecule has 13 heavy (non-hydrogen) atoms. The van der Waals surface area contributed by atoms with Crippen LogP contribution in [0.5, 0.6) is 0 Å². The Balaban J connectivity index is 2.46. The molecule has 3 nitrogen and oxygen atoms in total. The van der Waals surface area contributed by atoms with Gasteiger partial charge in [0.1, 0.15) is 0 Å². The lowest BCUT2D eigenvalue weighted by Crippen LogP contribution is -2.38. The van der Waals surface area contributed by atoms with Gasteiger partial charge in [0.15, 0.2) is 0 Å². The second-order valence-electron chi connectivity index (χ2n) is 3.98. The maximum Gasteiger partial charge on any atom is 0.225 e. The Hall–Kier alpha value is -0.570. The lowest BCUT2D eigenvalue weighted by molar-refractivity contribution is -0.135. The molecule has 0 saturated heterocycles. The molecule has 0 bridgehead atoms. The van der Waals surface area contributed by atoms with Crippen LogP contribution in [0.15, 0.2) is 0 Å². The summed E-state index contributed by atoms with van der Waals surface area (Å²) in [4.78, 5) is 13.5. The van der Waals surface area contributed by atoms with E-state index in [1.807, 2.05) is 14.0 Å². The molecule has 76 valence electrons. The van der Waals surface area contributed by atoms with Crippen LogP contribution >= 0.6 is 0 Å². The molecule has 0 spiro atoms. The lowest BCUT2D eigenvalue weighted by atomic mass is 9.85. The number of carbonyl (C=O) groups is 1. The number of carbonyl (C=O) groups excluding carboxylic acids is 1. The van der Waals surface area contributed by atoms with Crippen LogP contribution in [0.25, 0.3) is 0 Å². The summed E-state index contributed by atoms with van der Waals surface area (Å²) < 4.78 is 0. The fourth-order valence-electron chi connectivity index (χ4n) is 1.92. The minimum absolute atomic E-state index is 0.189. The average molecular weight is 184 g/mol.